The van der Waals surface area contributed by atoms with Crippen molar-refractivity contribution in [3.05, 3.63) is 0 Å². The molecule has 0 fully saturated rings. The lowest BCUT2D eigenvalue weighted by Crippen LogP contribution is -2.41. The van der Waals surface area contributed by atoms with Gasteiger partial charge in [-0.15, -0.1) is 0 Å². The van der Waals surface area contributed by atoms with Crippen LogP contribution in [0.3, 0.4) is 0 Å². The second kappa shape index (κ2) is 9.35. The van der Waals surface area contributed by atoms with Crippen molar-refractivity contribution in [2.45, 2.75) is 77.0 Å². The van der Waals surface area contributed by atoms with Gasteiger partial charge in [-0.05, 0) is 31.9 Å². The highest BCUT2D eigenvalue weighted by molar-refractivity contribution is 8.00. The normalized spacial score (nSPS) is 12.4. The van der Waals surface area contributed by atoms with Crippen molar-refractivity contribution >= 4 is 11.8 Å². The zero-order chi connectivity index (χ0) is 12.4. The number of hydrogen-bond acceptors (Lipinski definition) is 2. The second-order valence-electron chi connectivity index (χ2n) is 4.75. The van der Waals surface area contributed by atoms with Crippen LogP contribution < -0.4 is 5.32 Å². The monoisotopic (exact) mass is 245 g/mol. The zero-order valence-corrected chi connectivity index (χ0v) is 12.8. The van der Waals surface area contributed by atoms with Gasteiger partial charge in [-0.2, -0.15) is 11.8 Å². The third-order valence-electron chi connectivity index (χ3n) is 3.71. The number of rotatable bonds is 10. The Hall–Kier alpha value is 0.310. The van der Waals surface area contributed by atoms with Crippen molar-refractivity contribution in [3.63, 3.8) is 0 Å². The molecule has 98 valence electrons. The molecular weight excluding hydrogens is 214 g/mol. The average Bonchev–Trinajstić information content (AvgIpc) is 2.32. The summed E-state index contributed by atoms with van der Waals surface area (Å²) in [5.74, 6) is 0. The van der Waals surface area contributed by atoms with Crippen LogP contribution in [0.25, 0.3) is 0 Å². The van der Waals surface area contributed by atoms with Gasteiger partial charge in [0.2, 0.25) is 0 Å². The van der Waals surface area contributed by atoms with Crippen LogP contribution in [-0.2, 0) is 0 Å². The Morgan fingerprint density at radius 1 is 1.00 bits per heavy atom. The van der Waals surface area contributed by atoms with Crippen LogP contribution in [-0.4, -0.2) is 23.6 Å². The third kappa shape index (κ3) is 5.58. The molecule has 0 aromatic heterocycles. The first-order valence-electron chi connectivity index (χ1n) is 6.96. The molecule has 1 nitrogen and oxygen atoms in total. The lowest BCUT2D eigenvalue weighted by atomic mass is 10.00. The Morgan fingerprint density at radius 2 is 1.50 bits per heavy atom. The quantitative estimate of drug-likeness (QED) is 0.609. The van der Waals surface area contributed by atoms with E-state index in [0.29, 0.717) is 4.75 Å². The molecule has 0 saturated carbocycles. The van der Waals surface area contributed by atoms with E-state index >= 15 is 0 Å². The highest BCUT2D eigenvalue weighted by Gasteiger charge is 2.25. The van der Waals surface area contributed by atoms with Crippen LogP contribution in [0, 0.1) is 0 Å². The van der Waals surface area contributed by atoms with E-state index in [2.05, 4.69) is 39.3 Å². The van der Waals surface area contributed by atoms with E-state index in [-0.39, 0.29) is 0 Å². The van der Waals surface area contributed by atoms with E-state index in [1.54, 1.807) is 0 Å². The summed E-state index contributed by atoms with van der Waals surface area (Å²) in [6.07, 6.45) is 10.0. The van der Waals surface area contributed by atoms with E-state index in [4.69, 9.17) is 0 Å². The second-order valence-corrected chi connectivity index (χ2v) is 6.02. The number of hydrogen-bond donors (Lipinski definition) is 1. The Labute approximate surface area is 107 Å². The van der Waals surface area contributed by atoms with Crippen molar-refractivity contribution < 1.29 is 0 Å². The van der Waals surface area contributed by atoms with Crippen molar-refractivity contribution in [2.75, 3.05) is 12.8 Å². The first-order valence-corrected chi connectivity index (χ1v) is 8.18. The predicted octanol–water partition coefficient (Wildman–Crippen LogP) is 4.47. The molecule has 0 aliphatic carbocycles. The Morgan fingerprint density at radius 3 is 1.81 bits per heavy atom. The Bertz CT molecular complexity index is 141. The van der Waals surface area contributed by atoms with E-state index in [9.17, 15) is 0 Å². The van der Waals surface area contributed by atoms with Gasteiger partial charge in [0, 0.05) is 17.3 Å². The summed E-state index contributed by atoms with van der Waals surface area (Å²) in [6, 6.07) is 0.736. The summed E-state index contributed by atoms with van der Waals surface area (Å²) in [5.41, 5.74) is 0. The van der Waals surface area contributed by atoms with Crippen molar-refractivity contribution in [1.82, 2.24) is 5.32 Å². The van der Waals surface area contributed by atoms with Gasteiger partial charge in [-0.3, -0.25) is 0 Å². The molecule has 1 N–H and O–H groups in total. The minimum atomic E-state index is 0.458. The molecule has 0 rings (SSSR count). The standard InChI is InChI=1S/C14H31NS/c1-6-10-13(11-7-2)15-12-14(8-3,9-4)16-5/h13,15H,6-12H2,1-5H3. The topological polar surface area (TPSA) is 12.0 Å². The number of thioether (sulfide) groups is 1. The fourth-order valence-corrected chi connectivity index (χ4v) is 3.04. The molecule has 0 atom stereocenters. The SMILES string of the molecule is CCCC(CCC)NCC(CC)(CC)SC. The van der Waals surface area contributed by atoms with E-state index in [1.165, 1.54) is 45.1 Å². The molecule has 0 heterocycles. The van der Waals surface area contributed by atoms with Gasteiger partial charge < -0.3 is 5.32 Å². The molecule has 0 bridgehead atoms. The van der Waals surface area contributed by atoms with Crippen molar-refractivity contribution in [1.29, 1.82) is 0 Å². The maximum absolute atomic E-state index is 3.79. The highest BCUT2D eigenvalue weighted by atomic mass is 32.2. The fourth-order valence-electron chi connectivity index (χ4n) is 2.24. The summed E-state index contributed by atoms with van der Waals surface area (Å²) >= 11 is 2.03. The molecule has 0 amide bonds. The molecule has 0 aliphatic heterocycles. The summed E-state index contributed by atoms with van der Waals surface area (Å²) in [6.45, 7) is 10.4. The lowest BCUT2D eigenvalue weighted by Gasteiger charge is -2.32. The average molecular weight is 245 g/mol. The van der Waals surface area contributed by atoms with Gasteiger partial charge in [-0.1, -0.05) is 40.5 Å². The summed E-state index contributed by atoms with van der Waals surface area (Å²) in [5, 5.41) is 3.79. The van der Waals surface area contributed by atoms with E-state index in [0.717, 1.165) is 6.04 Å². The van der Waals surface area contributed by atoms with Gasteiger partial charge >= 0.3 is 0 Å². The molecule has 0 spiro atoms. The minimum Gasteiger partial charge on any atom is -0.313 e. The molecule has 0 unspecified atom stereocenters. The molecule has 0 aliphatic rings. The van der Waals surface area contributed by atoms with Crippen LogP contribution in [0.5, 0.6) is 0 Å². The van der Waals surface area contributed by atoms with Crippen molar-refractivity contribution in [2.24, 2.45) is 0 Å². The lowest BCUT2D eigenvalue weighted by molar-refractivity contribution is 0.400. The number of nitrogens with one attached hydrogen (secondary N) is 1. The van der Waals surface area contributed by atoms with Crippen LogP contribution in [0.2, 0.25) is 0 Å². The molecule has 0 aromatic rings. The fraction of sp³-hybridized carbons (Fsp3) is 1.00. The van der Waals surface area contributed by atoms with Crippen LogP contribution in [0.1, 0.15) is 66.2 Å². The van der Waals surface area contributed by atoms with Gasteiger partial charge in [0.05, 0.1) is 0 Å². The zero-order valence-electron chi connectivity index (χ0n) is 11.9. The van der Waals surface area contributed by atoms with Crippen molar-refractivity contribution in [3.8, 4) is 0 Å². The first-order chi connectivity index (χ1) is 7.67. The summed E-state index contributed by atoms with van der Waals surface area (Å²) in [4.78, 5) is 0. The van der Waals surface area contributed by atoms with Gasteiger partial charge in [0.1, 0.15) is 0 Å². The maximum Gasteiger partial charge on any atom is 0.0276 e. The van der Waals surface area contributed by atoms with Crippen LogP contribution in [0.15, 0.2) is 0 Å². The smallest absolute Gasteiger partial charge is 0.0276 e. The Balaban J connectivity index is 4.13. The first kappa shape index (κ1) is 16.3. The largest absolute Gasteiger partial charge is 0.313 e. The molecule has 16 heavy (non-hydrogen) atoms. The van der Waals surface area contributed by atoms with Gasteiger partial charge in [0.15, 0.2) is 0 Å². The Kier molecular flexibility index (Phi) is 9.53. The molecule has 2 heteroatoms. The summed E-state index contributed by atoms with van der Waals surface area (Å²) in [7, 11) is 0. The van der Waals surface area contributed by atoms with E-state index in [1.807, 2.05) is 11.8 Å². The van der Waals surface area contributed by atoms with Gasteiger partial charge in [0.25, 0.3) is 0 Å². The molecule has 0 aromatic carbocycles. The maximum atomic E-state index is 3.79. The highest BCUT2D eigenvalue weighted by Crippen LogP contribution is 2.29. The molecule has 0 radical (unpaired) electrons. The molecule has 0 saturated heterocycles. The third-order valence-corrected chi connectivity index (χ3v) is 5.30. The van der Waals surface area contributed by atoms with Crippen LogP contribution in [0.4, 0.5) is 0 Å². The van der Waals surface area contributed by atoms with Gasteiger partial charge in [-0.25, -0.2) is 0 Å². The van der Waals surface area contributed by atoms with E-state index < -0.39 is 0 Å². The minimum absolute atomic E-state index is 0.458. The molecular formula is C14H31NS. The van der Waals surface area contributed by atoms with Crippen LogP contribution >= 0.6 is 11.8 Å². The predicted molar refractivity (Wildman–Crippen MR) is 78.4 cm³/mol. The summed E-state index contributed by atoms with van der Waals surface area (Å²) < 4.78 is 0.458.